The third-order valence-corrected chi connectivity index (χ3v) is 8.09. The molecule has 2 aliphatic heterocycles. The van der Waals surface area contributed by atoms with Crippen molar-refractivity contribution in [3.05, 3.63) is 47.9 Å². The molecule has 3 heterocycles. The van der Waals surface area contributed by atoms with Gasteiger partial charge in [0.2, 0.25) is 16.0 Å². The molecule has 4 rings (SSSR count). The van der Waals surface area contributed by atoms with Gasteiger partial charge < -0.3 is 15.0 Å². The summed E-state index contributed by atoms with van der Waals surface area (Å²) in [5.74, 6) is 1.33. The number of nitrogens with zero attached hydrogens (tertiary/aromatic N) is 4. The first-order valence-corrected chi connectivity index (χ1v) is 11.7. The van der Waals surface area contributed by atoms with Gasteiger partial charge >= 0.3 is 0 Å². The molecular weight excluding hydrogens is 410 g/mol. The fraction of sp³-hybridized carbons (Fsp3) is 0.368. The molecule has 8 nitrogen and oxygen atoms in total. The van der Waals surface area contributed by atoms with Crippen LogP contribution in [0.15, 0.2) is 47.1 Å². The Hall–Kier alpha value is -2.14. The minimum Gasteiger partial charge on any atom is -0.379 e. The molecule has 29 heavy (non-hydrogen) atoms. The van der Waals surface area contributed by atoms with Crippen molar-refractivity contribution in [1.82, 2.24) is 19.2 Å². The molecule has 0 atom stereocenters. The highest BCUT2D eigenvalue weighted by molar-refractivity contribution is 8.08. The van der Waals surface area contributed by atoms with Crippen LogP contribution in [0.1, 0.15) is 12.6 Å². The van der Waals surface area contributed by atoms with Crippen LogP contribution < -0.4 is 5.32 Å². The average molecular weight is 434 g/mol. The van der Waals surface area contributed by atoms with Crippen LogP contribution in [0.4, 0.5) is 11.6 Å². The van der Waals surface area contributed by atoms with E-state index in [9.17, 15) is 8.42 Å². The van der Waals surface area contributed by atoms with E-state index in [1.54, 1.807) is 42.2 Å². The number of sulfonamides is 1. The van der Waals surface area contributed by atoms with Gasteiger partial charge in [-0.15, -0.1) is 11.8 Å². The maximum absolute atomic E-state index is 12.9. The Labute approximate surface area is 175 Å². The molecule has 2 aliphatic rings. The number of benzene rings is 1. The lowest BCUT2D eigenvalue weighted by Crippen LogP contribution is -2.40. The Bertz CT molecular complexity index is 1040. The van der Waals surface area contributed by atoms with E-state index < -0.39 is 10.0 Å². The van der Waals surface area contributed by atoms with E-state index in [2.05, 4.69) is 34.2 Å². The van der Waals surface area contributed by atoms with E-state index in [1.165, 1.54) is 10.0 Å². The predicted octanol–water partition coefficient (Wildman–Crippen LogP) is 2.57. The van der Waals surface area contributed by atoms with E-state index >= 15 is 0 Å². The number of morpholine rings is 1. The van der Waals surface area contributed by atoms with E-state index in [4.69, 9.17) is 4.74 Å². The van der Waals surface area contributed by atoms with Crippen LogP contribution in [0.25, 0.3) is 4.91 Å². The molecule has 1 aromatic heterocycles. The third-order valence-electron chi connectivity index (χ3n) is 4.89. The highest BCUT2D eigenvalue weighted by atomic mass is 32.2. The second-order valence-electron chi connectivity index (χ2n) is 6.82. The monoisotopic (exact) mass is 433 g/mol. The van der Waals surface area contributed by atoms with Crippen LogP contribution in [0.3, 0.4) is 0 Å². The van der Waals surface area contributed by atoms with Crippen molar-refractivity contribution in [2.24, 2.45) is 0 Å². The molecule has 0 aliphatic carbocycles. The molecule has 0 unspecified atom stereocenters. The van der Waals surface area contributed by atoms with Crippen LogP contribution in [0.5, 0.6) is 0 Å². The van der Waals surface area contributed by atoms with Crippen molar-refractivity contribution in [3.8, 4) is 0 Å². The molecule has 1 saturated heterocycles. The topological polar surface area (TPSA) is 87.7 Å². The zero-order chi connectivity index (χ0) is 20.4. The lowest BCUT2D eigenvalue weighted by molar-refractivity contribution is 0.0730. The largest absolute Gasteiger partial charge is 0.379 e. The summed E-state index contributed by atoms with van der Waals surface area (Å²) < 4.78 is 32.5. The van der Waals surface area contributed by atoms with Gasteiger partial charge in [-0.2, -0.15) is 4.31 Å². The van der Waals surface area contributed by atoms with Gasteiger partial charge in [-0.3, -0.25) is 0 Å². The Kier molecular flexibility index (Phi) is 5.77. The molecule has 1 fully saturated rings. The number of hydrogen-bond acceptors (Lipinski definition) is 8. The Balaban J connectivity index is 1.57. The maximum atomic E-state index is 12.9. The molecule has 154 valence electrons. The second kappa shape index (κ2) is 8.31. The van der Waals surface area contributed by atoms with Crippen molar-refractivity contribution in [2.45, 2.75) is 11.8 Å². The standard InChI is InChI=1S/C19H23N5O3S2/c1-14-18(28-13-23(14)2)17-6-7-20-19(22-17)21-15-4-3-5-16(12-15)29(25,26)24-8-10-27-11-9-24/h3-7,12H,8-11,13H2,1-2H3,(H,20,21,22). The lowest BCUT2D eigenvalue weighted by atomic mass is 10.3. The lowest BCUT2D eigenvalue weighted by Gasteiger charge is -2.26. The second-order valence-corrected chi connectivity index (χ2v) is 9.71. The normalized spacial score (nSPS) is 18.3. The number of anilines is 2. The molecule has 0 spiro atoms. The van der Waals surface area contributed by atoms with Crippen LogP contribution in [0, 0.1) is 0 Å². The summed E-state index contributed by atoms with van der Waals surface area (Å²) in [5.41, 5.74) is 2.66. The molecule has 0 amide bonds. The van der Waals surface area contributed by atoms with Crippen LogP contribution in [0.2, 0.25) is 0 Å². The number of rotatable bonds is 5. The molecule has 0 saturated carbocycles. The SMILES string of the molecule is CC1=C(c2ccnc(Nc3cccc(S(=O)(=O)N4CCOCC4)c3)n2)SCN1C. The number of aromatic nitrogens is 2. The molecule has 10 heteroatoms. The zero-order valence-corrected chi connectivity index (χ0v) is 18.0. The summed E-state index contributed by atoms with van der Waals surface area (Å²) in [6.07, 6.45) is 1.71. The maximum Gasteiger partial charge on any atom is 0.243 e. The van der Waals surface area contributed by atoms with Gasteiger partial charge in [-0.25, -0.2) is 18.4 Å². The number of ether oxygens (including phenoxy) is 1. The van der Waals surface area contributed by atoms with E-state index in [0.29, 0.717) is 37.9 Å². The first-order valence-electron chi connectivity index (χ1n) is 9.28. The molecule has 2 aromatic rings. The Morgan fingerprint density at radius 1 is 1.21 bits per heavy atom. The highest BCUT2D eigenvalue weighted by Gasteiger charge is 2.26. The molecular formula is C19H23N5O3S2. The number of nitrogens with one attached hydrogen (secondary N) is 1. The van der Waals surface area contributed by atoms with Gasteiger partial charge in [0.25, 0.3) is 0 Å². The molecule has 1 aromatic carbocycles. The van der Waals surface area contributed by atoms with Crippen LogP contribution in [-0.4, -0.2) is 66.8 Å². The predicted molar refractivity (Wildman–Crippen MR) is 114 cm³/mol. The summed E-state index contributed by atoms with van der Waals surface area (Å²) in [6.45, 7) is 3.64. The summed E-state index contributed by atoms with van der Waals surface area (Å²) in [6, 6.07) is 8.62. The van der Waals surface area contributed by atoms with Crippen molar-refractivity contribution in [2.75, 3.05) is 44.5 Å². The molecule has 0 bridgehead atoms. The van der Waals surface area contributed by atoms with Gasteiger partial charge in [0.1, 0.15) is 0 Å². The Morgan fingerprint density at radius 3 is 2.72 bits per heavy atom. The minimum atomic E-state index is -3.56. The van der Waals surface area contributed by atoms with Crippen LogP contribution in [-0.2, 0) is 14.8 Å². The van der Waals surface area contributed by atoms with Crippen molar-refractivity contribution in [3.63, 3.8) is 0 Å². The highest BCUT2D eigenvalue weighted by Crippen LogP contribution is 2.37. The minimum absolute atomic E-state index is 0.243. The first-order chi connectivity index (χ1) is 13.9. The molecule has 0 radical (unpaired) electrons. The summed E-state index contributed by atoms with van der Waals surface area (Å²) >= 11 is 1.74. The van der Waals surface area contributed by atoms with Gasteiger partial charge in [0, 0.05) is 37.7 Å². The fourth-order valence-electron chi connectivity index (χ4n) is 3.14. The number of thioether (sulfide) groups is 1. The van der Waals surface area contributed by atoms with E-state index in [1.807, 2.05) is 6.07 Å². The van der Waals surface area contributed by atoms with E-state index in [-0.39, 0.29) is 4.90 Å². The van der Waals surface area contributed by atoms with E-state index in [0.717, 1.165) is 16.5 Å². The molecule has 1 N–H and O–H groups in total. The van der Waals surface area contributed by atoms with Gasteiger partial charge in [-0.05, 0) is 31.2 Å². The summed E-state index contributed by atoms with van der Waals surface area (Å²) in [4.78, 5) is 12.4. The fourth-order valence-corrected chi connectivity index (χ4v) is 5.74. The van der Waals surface area contributed by atoms with Gasteiger partial charge in [0.15, 0.2) is 0 Å². The number of hydrogen-bond donors (Lipinski definition) is 1. The smallest absolute Gasteiger partial charge is 0.243 e. The van der Waals surface area contributed by atoms with Gasteiger partial charge in [0.05, 0.1) is 34.6 Å². The van der Waals surface area contributed by atoms with Gasteiger partial charge in [-0.1, -0.05) is 6.07 Å². The zero-order valence-electron chi connectivity index (χ0n) is 16.3. The van der Waals surface area contributed by atoms with Crippen molar-refractivity contribution >= 4 is 38.3 Å². The first kappa shape index (κ1) is 20.1. The quantitative estimate of drug-likeness (QED) is 0.770. The average Bonchev–Trinajstić information content (AvgIpc) is 3.07. The summed E-state index contributed by atoms with van der Waals surface area (Å²) in [5, 5.41) is 3.13. The summed E-state index contributed by atoms with van der Waals surface area (Å²) in [7, 11) is -1.50. The third kappa shape index (κ3) is 4.25. The number of allylic oxidation sites excluding steroid dienone is 1. The van der Waals surface area contributed by atoms with Crippen molar-refractivity contribution < 1.29 is 13.2 Å². The van der Waals surface area contributed by atoms with Crippen LogP contribution >= 0.6 is 11.8 Å². The van der Waals surface area contributed by atoms with Crippen molar-refractivity contribution in [1.29, 1.82) is 0 Å². The Morgan fingerprint density at radius 2 is 2.00 bits per heavy atom.